The van der Waals surface area contributed by atoms with Crippen molar-refractivity contribution >= 4 is 27.6 Å². The van der Waals surface area contributed by atoms with Crippen LogP contribution in [0.3, 0.4) is 0 Å². The predicted molar refractivity (Wildman–Crippen MR) is 79.1 cm³/mol. The standard InChI is InChI=1S/C15H10BrF2NO3/c16-13(15(19)21)14(20)8-1-4-10(5-2-8)22-12-6-3-9(17)7-11(12)18/h1-7,13H,(H2,19,21). The Kier molecular flexibility index (Phi) is 4.87. The van der Waals surface area contributed by atoms with Crippen molar-refractivity contribution in [2.45, 2.75) is 4.83 Å². The number of ketones is 1. The van der Waals surface area contributed by atoms with E-state index in [0.717, 1.165) is 12.1 Å². The number of rotatable bonds is 5. The number of amides is 1. The Labute approximate surface area is 133 Å². The van der Waals surface area contributed by atoms with Crippen molar-refractivity contribution in [1.29, 1.82) is 0 Å². The van der Waals surface area contributed by atoms with Crippen molar-refractivity contribution in [1.82, 2.24) is 0 Å². The Bertz CT molecular complexity index is 719. The van der Waals surface area contributed by atoms with Crippen molar-refractivity contribution < 1.29 is 23.1 Å². The van der Waals surface area contributed by atoms with Gasteiger partial charge in [0.05, 0.1) is 0 Å². The average Bonchev–Trinajstić information content (AvgIpc) is 2.49. The van der Waals surface area contributed by atoms with Crippen LogP contribution in [0.1, 0.15) is 10.4 Å². The monoisotopic (exact) mass is 369 g/mol. The molecule has 2 N–H and O–H groups in total. The van der Waals surface area contributed by atoms with Crippen molar-refractivity contribution in [3.63, 3.8) is 0 Å². The van der Waals surface area contributed by atoms with Crippen LogP contribution in [0.25, 0.3) is 0 Å². The van der Waals surface area contributed by atoms with E-state index in [4.69, 9.17) is 10.5 Å². The number of alkyl halides is 1. The van der Waals surface area contributed by atoms with Crippen LogP contribution in [0.2, 0.25) is 0 Å². The molecular weight excluding hydrogens is 360 g/mol. The molecule has 2 rings (SSSR count). The first-order valence-corrected chi connectivity index (χ1v) is 7.00. The van der Waals surface area contributed by atoms with Gasteiger partial charge in [0.15, 0.2) is 22.2 Å². The number of hydrogen-bond donors (Lipinski definition) is 1. The molecule has 1 atom stereocenters. The van der Waals surface area contributed by atoms with Crippen LogP contribution >= 0.6 is 15.9 Å². The molecule has 0 spiro atoms. The summed E-state index contributed by atoms with van der Waals surface area (Å²) in [4.78, 5) is 21.7. The van der Waals surface area contributed by atoms with Crippen LogP contribution in [0.4, 0.5) is 8.78 Å². The van der Waals surface area contributed by atoms with E-state index >= 15 is 0 Å². The molecule has 1 amide bonds. The van der Waals surface area contributed by atoms with Gasteiger partial charge in [0.25, 0.3) is 0 Å². The summed E-state index contributed by atoms with van der Waals surface area (Å²) in [6, 6.07) is 8.61. The third-order valence-corrected chi connectivity index (χ3v) is 3.61. The van der Waals surface area contributed by atoms with Crippen LogP contribution in [0.5, 0.6) is 11.5 Å². The zero-order valence-electron chi connectivity index (χ0n) is 11.1. The third-order valence-electron chi connectivity index (χ3n) is 2.74. The van der Waals surface area contributed by atoms with E-state index in [1.165, 1.54) is 24.3 Å². The Hall–Kier alpha value is -2.28. The lowest BCUT2D eigenvalue weighted by molar-refractivity contribution is -0.116. The quantitative estimate of drug-likeness (QED) is 0.499. The summed E-state index contributed by atoms with van der Waals surface area (Å²) in [6.45, 7) is 0. The molecule has 0 aliphatic heterocycles. The summed E-state index contributed by atoms with van der Waals surface area (Å²) in [6.07, 6.45) is 0. The maximum atomic E-state index is 13.5. The van der Waals surface area contributed by atoms with Gasteiger partial charge in [0.2, 0.25) is 5.91 Å². The molecular formula is C15H10BrF2NO3. The van der Waals surface area contributed by atoms with Gasteiger partial charge in [0, 0.05) is 11.6 Å². The molecule has 114 valence electrons. The molecule has 0 saturated heterocycles. The van der Waals surface area contributed by atoms with Gasteiger partial charge in [-0.2, -0.15) is 0 Å². The molecule has 2 aromatic rings. The van der Waals surface area contributed by atoms with Crippen LogP contribution in [-0.4, -0.2) is 16.5 Å². The first-order chi connectivity index (χ1) is 10.4. The normalized spacial score (nSPS) is 11.8. The Morgan fingerprint density at radius 3 is 2.27 bits per heavy atom. The summed E-state index contributed by atoms with van der Waals surface area (Å²) in [5.74, 6) is -2.72. The highest BCUT2D eigenvalue weighted by Gasteiger charge is 2.22. The van der Waals surface area contributed by atoms with Gasteiger partial charge in [0.1, 0.15) is 11.6 Å². The number of carbonyl (C=O) groups excluding carboxylic acids is 2. The lowest BCUT2D eigenvalue weighted by atomic mass is 10.1. The van der Waals surface area contributed by atoms with E-state index in [2.05, 4.69) is 15.9 Å². The largest absolute Gasteiger partial charge is 0.454 e. The highest BCUT2D eigenvalue weighted by molar-refractivity contribution is 9.10. The number of hydrogen-bond acceptors (Lipinski definition) is 3. The number of carbonyl (C=O) groups is 2. The van der Waals surface area contributed by atoms with E-state index in [1.807, 2.05) is 0 Å². The van der Waals surface area contributed by atoms with Crippen LogP contribution in [0, 0.1) is 11.6 Å². The summed E-state index contributed by atoms with van der Waals surface area (Å²) >= 11 is 2.89. The summed E-state index contributed by atoms with van der Waals surface area (Å²) in [5.41, 5.74) is 5.27. The number of nitrogens with two attached hydrogens (primary N) is 1. The number of benzene rings is 2. The van der Waals surface area contributed by atoms with E-state index in [-0.39, 0.29) is 17.1 Å². The molecule has 4 nitrogen and oxygen atoms in total. The Morgan fingerprint density at radius 1 is 1.09 bits per heavy atom. The number of ether oxygens (including phenoxy) is 1. The second kappa shape index (κ2) is 6.65. The topological polar surface area (TPSA) is 69.4 Å². The van der Waals surface area contributed by atoms with E-state index in [0.29, 0.717) is 6.07 Å². The van der Waals surface area contributed by atoms with E-state index < -0.39 is 28.2 Å². The van der Waals surface area contributed by atoms with Crippen LogP contribution < -0.4 is 10.5 Å². The van der Waals surface area contributed by atoms with E-state index in [9.17, 15) is 18.4 Å². The molecule has 0 saturated carbocycles. The fraction of sp³-hybridized carbons (Fsp3) is 0.0667. The lowest BCUT2D eigenvalue weighted by Gasteiger charge is -2.08. The highest BCUT2D eigenvalue weighted by Crippen LogP contribution is 2.25. The zero-order valence-corrected chi connectivity index (χ0v) is 12.6. The molecule has 0 fully saturated rings. The van der Waals surface area contributed by atoms with Crippen molar-refractivity contribution in [3.8, 4) is 11.5 Å². The molecule has 0 aliphatic rings. The molecule has 0 aliphatic carbocycles. The molecule has 1 unspecified atom stereocenters. The van der Waals surface area contributed by atoms with Gasteiger partial charge in [-0.05, 0) is 36.4 Å². The number of Topliss-reactive ketones (excluding diaryl/α,β-unsaturated/α-hetero) is 1. The molecule has 0 radical (unpaired) electrons. The fourth-order valence-electron chi connectivity index (χ4n) is 1.65. The first-order valence-electron chi connectivity index (χ1n) is 6.09. The maximum Gasteiger partial charge on any atom is 0.239 e. The van der Waals surface area contributed by atoms with E-state index in [1.54, 1.807) is 0 Å². The molecule has 22 heavy (non-hydrogen) atoms. The van der Waals surface area contributed by atoms with Gasteiger partial charge < -0.3 is 10.5 Å². The van der Waals surface area contributed by atoms with Crippen molar-refractivity contribution in [3.05, 3.63) is 59.7 Å². The van der Waals surface area contributed by atoms with Gasteiger partial charge in [-0.3, -0.25) is 9.59 Å². The fourth-order valence-corrected chi connectivity index (χ4v) is 1.91. The molecule has 0 heterocycles. The minimum atomic E-state index is -1.12. The van der Waals surface area contributed by atoms with Gasteiger partial charge in [-0.25, -0.2) is 8.78 Å². The van der Waals surface area contributed by atoms with Crippen LogP contribution in [-0.2, 0) is 4.79 Å². The lowest BCUT2D eigenvalue weighted by Crippen LogP contribution is -2.30. The smallest absolute Gasteiger partial charge is 0.239 e. The zero-order chi connectivity index (χ0) is 16.3. The molecule has 0 aromatic heterocycles. The number of primary amides is 1. The van der Waals surface area contributed by atoms with Crippen molar-refractivity contribution in [2.24, 2.45) is 5.73 Å². The van der Waals surface area contributed by atoms with Gasteiger partial charge in [-0.1, -0.05) is 15.9 Å². The Morgan fingerprint density at radius 2 is 1.73 bits per heavy atom. The molecule has 0 bridgehead atoms. The summed E-state index contributed by atoms with van der Waals surface area (Å²) in [5, 5.41) is 0. The first kappa shape index (κ1) is 16.1. The van der Waals surface area contributed by atoms with Gasteiger partial charge in [-0.15, -0.1) is 0 Å². The number of halogens is 3. The SMILES string of the molecule is NC(=O)C(Br)C(=O)c1ccc(Oc2ccc(F)cc2F)cc1. The van der Waals surface area contributed by atoms with Crippen molar-refractivity contribution in [2.75, 3.05) is 0 Å². The highest BCUT2D eigenvalue weighted by atomic mass is 79.9. The third kappa shape index (κ3) is 3.67. The maximum absolute atomic E-state index is 13.5. The Balaban J connectivity index is 2.15. The minimum Gasteiger partial charge on any atom is -0.454 e. The predicted octanol–water partition coefficient (Wildman–Crippen LogP) is 3.19. The van der Waals surface area contributed by atoms with Gasteiger partial charge >= 0.3 is 0 Å². The second-order valence-electron chi connectivity index (χ2n) is 4.33. The second-order valence-corrected chi connectivity index (χ2v) is 5.25. The molecule has 2 aromatic carbocycles. The average molecular weight is 370 g/mol. The minimum absolute atomic E-state index is 0.143. The van der Waals surface area contributed by atoms with Crippen LogP contribution in [0.15, 0.2) is 42.5 Å². The molecule has 7 heteroatoms. The summed E-state index contributed by atoms with van der Waals surface area (Å²) in [7, 11) is 0. The summed E-state index contributed by atoms with van der Waals surface area (Å²) < 4.78 is 31.5.